The zero-order valence-corrected chi connectivity index (χ0v) is 10.5. The van der Waals surface area contributed by atoms with Crippen LogP contribution in [0.5, 0.6) is 0 Å². The first-order chi connectivity index (χ1) is 16.9. The maximum Gasteiger partial charge on any atom is 0.407 e. The second kappa shape index (κ2) is 5.77. The maximum atomic E-state index is 11.8. The van der Waals surface area contributed by atoms with Crippen LogP contribution in [-0.4, -0.2) is 49.0 Å². The van der Waals surface area contributed by atoms with Gasteiger partial charge in [0.25, 0.3) is 0 Å². The number of hydrogen-bond donors (Lipinski definition) is 2. The molecule has 21 heavy (non-hydrogen) atoms. The van der Waals surface area contributed by atoms with Crippen LogP contribution in [0.25, 0.3) is 10.9 Å². The highest BCUT2D eigenvalue weighted by molar-refractivity contribution is 5.84. The van der Waals surface area contributed by atoms with Crippen molar-refractivity contribution in [1.29, 1.82) is 0 Å². The monoisotopic (exact) mass is 304 g/mol. The molecule has 3 rings (SSSR count). The van der Waals surface area contributed by atoms with E-state index in [1.807, 2.05) is 0 Å². The molecule has 0 radical (unpaired) electrons. The molecule has 1 fully saturated rings. The average Bonchev–Trinajstić information content (AvgIpc) is 3.08. The Hall–Kier alpha value is -2.01. The van der Waals surface area contributed by atoms with Crippen LogP contribution in [0.1, 0.15) is 31.7 Å². The van der Waals surface area contributed by atoms with Gasteiger partial charge in [-0.05, 0) is 50.0 Å². The predicted octanol–water partition coefficient (Wildman–Crippen LogP) is 1.92. The Morgan fingerprint density at radius 1 is 1.67 bits per heavy atom. The Kier molecular flexibility index (Phi) is 1.17. The normalized spacial score (nSPS) is 35.5. The lowest BCUT2D eigenvalue weighted by atomic mass is 10.0. The van der Waals surface area contributed by atoms with Crippen LogP contribution in [0, 0.1) is 0 Å². The molecule has 112 valence electrons. The van der Waals surface area contributed by atoms with E-state index in [0.717, 1.165) is 6.20 Å². The van der Waals surface area contributed by atoms with E-state index in [0.29, 0.717) is 4.98 Å². The molecule has 5 nitrogen and oxygen atoms in total. The zero-order valence-electron chi connectivity index (χ0n) is 27.5. The summed E-state index contributed by atoms with van der Waals surface area (Å²) >= 11 is 0. The third-order valence-corrected chi connectivity index (χ3v) is 2.66. The molecule has 1 aliphatic rings. The summed E-state index contributed by atoms with van der Waals surface area (Å²) in [6.07, 6.45) is -4.96. The van der Waals surface area contributed by atoms with Crippen molar-refractivity contribution in [3.05, 3.63) is 35.5 Å². The molecule has 0 spiro atoms. The average molecular weight is 304 g/mol. The van der Waals surface area contributed by atoms with E-state index in [4.69, 9.17) is 23.4 Å². The van der Waals surface area contributed by atoms with Gasteiger partial charge in [0.15, 0.2) is 2.82 Å². The summed E-state index contributed by atoms with van der Waals surface area (Å²) < 4.78 is 140. The number of aryl methyl sites for hydroxylation is 1. The first-order valence-corrected chi connectivity index (χ1v) is 5.82. The molecule has 0 bridgehead atoms. The Balaban J connectivity index is 2.30. The quantitative estimate of drug-likeness (QED) is 0.887. The molecular weight excluding hydrogens is 266 g/mol. The van der Waals surface area contributed by atoms with Gasteiger partial charge in [-0.3, -0.25) is 0 Å². The molecule has 1 amide bonds. The van der Waals surface area contributed by atoms with Gasteiger partial charge >= 0.3 is 6.09 Å². The minimum Gasteiger partial charge on any atom is -0.447 e. The van der Waals surface area contributed by atoms with Gasteiger partial charge in [0.1, 0.15) is 6.56 Å². The molecular formula is C16H21N3O2. The Morgan fingerprint density at radius 2 is 2.57 bits per heavy atom. The summed E-state index contributed by atoms with van der Waals surface area (Å²) in [5.41, 5.74) is -1.83. The molecule has 1 saturated heterocycles. The molecule has 2 heterocycles. The van der Waals surface area contributed by atoms with E-state index in [2.05, 4.69) is 4.74 Å². The summed E-state index contributed by atoms with van der Waals surface area (Å²) in [4.78, 5) is 11.9. The van der Waals surface area contributed by atoms with E-state index in [9.17, 15) is 4.79 Å². The number of hydrogen-bond acceptors (Lipinski definition) is 3. The van der Waals surface area contributed by atoms with E-state index in [1.54, 1.807) is 0 Å². The Bertz CT molecular complexity index is 1270. The van der Waals surface area contributed by atoms with Gasteiger partial charge in [-0.2, -0.15) is 0 Å². The minimum atomic E-state index is -3.45. The number of H-pyrrole nitrogens is 1. The van der Waals surface area contributed by atoms with Crippen molar-refractivity contribution in [3.63, 3.8) is 0 Å². The maximum absolute atomic E-state index is 11.8. The van der Waals surface area contributed by atoms with Gasteiger partial charge in [0.05, 0.1) is 12.9 Å². The van der Waals surface area contributed by atoms with E-state index in [-0.39, 0.29) is 15.8 Å². The van der Waals surface area contributed by atoms with Gasteiger partial charge in [0, 0.05) is 37.3 Å². The third kappa shape index (κ3) is 3.19. The standard InChI is InChI=1S/C16H21N3O2/c1-19(2)6-5-12-9-17-15-4-3-11(8-14(12)15)7-13-10-21-16(20)18-13/h3-4,8-9,13,17H,5-7,10H2,1-2H3,(H,18,20)/t13-/m0/s1/i1D3,2D3,3D,4D,6D2,7D2,8D,10D2/hD2. The van der Waals surface area contributed by atoms with Crippen LogP contribution in [0.3, 0.4) is 0 Å². The number of aromatic amines is 1. The van der Waals surface area contributed by atoms with Crippen LogP contribution < -0.4 is 5.31 Å². The molecule has 1 aliphatic heterocycles. The van der Waals surface area contributed by atoms with Gasteiger partial charge in [-0.25, -0.2) is 4.79 Å². The van der Waals surface area contributed by atoms with Gasteiger partial charge < -0.3 is 19.9 Å². The van der Waals surface area contributed by atoms with Gasteiger partial charge in [-0.1, -0.05) is 6.04 Å². The highest BCUT2D eigenvalue weighted by Gasteiger charge is 2.22. The number of rotatable bonds is 5. The molecule has 0 saturated carbocycles. The van der Waals surface area contributed by atoms with Crippen molar-refractivity contribution in [2.45, 2.75) is 18.8 Å². The molecule has 1 aromatic heterocycles. The lowest BCUT2D eigenvalue weighted by Crippen LogP contribution is -2.28. The van der Waals surface area contributed by atoms with Crippen LogP contribution in [0.2, 0.25) is 2.82 Å². The number of nitrogens with one attached hydrogen (secondary N) is 2. The minimum absolute atomic E-state index is 0.146. The first kappa shape index (κ1) is 4.26. The number of alkyl carbamates (subject to hydrolysis) is 1. The molecule has 5 heteroatoms. The van der Waals surface area contributed by atoms with Crippen molar-refractivity contribution in [3.8, 4) is 0 Å². The fourth-order valence-electron chi connectivity index (χ4n) is 1.77. The molecule has 2 N–H and O–H groups in total. The second-order valence-corrected chi connectivity index (χ2v) is 4.09. The number of ether oxygens (including phenoxy) is 1. The number of carbonyl (C=O) groups is 1. The fraction of sp³-hybridized carbons (Fsp3) is 0.438. The molecule has 1 atom stereocenters. The number of carbonyl (C=O) groups excluding carboxylic acids is 1. The second-order valence-electron chi connectivity index (χ2n) is 4.09. The number of nitrogens with zero attached hydrogens (tertiary/aromatic N) is 1. The molecule has 0 unspecified atom stereocenters. The van der Waals surface area contributed by atoms with Crippen molar-refractivity contribution in [2.24, 2.45) is 0 Å². The molecule has 0 aliphatic carbocycles. The number of benzene rings is 1. The van der Waals surface area contributed by atoms with Crippen molar-refractivity contribution < 1.29 is 32.9 Å². The van der Waals surface area contributed by atoms with E-state index < -0.39 is 86.5 Å². The smallest absolute Gasteiger partial charge is 0.407 e. The summed E-state index contributed by atoms with van der Waals surface area (Å²) in [7, 11) is 0. The fourth-order valence-corrected chi connectivity index (χ4v) is 1.77. The van der Waals surface area contributed by atoms with Crippen molar-refractivity contribution >= 4 is 17.0 Å². The van der Waals surface area contributed by atoms with Crippen LogP contribution in [-0.2, 0) is 17.5 Å². The van der Waals surface area contributed by atoms with Crippen LogP contribution >= 0.6 is 0 Å². The number of cyclic esters (lactones) is 1. The number of likely N-dealkylation sites (N-methyl/N-ethyl adjacent to an activating group) is 1. The SMILES string of the molecule is [2H]c1c(C([2H])([2H])[C@@H]2N([2H])C(=O)OC2([2H])[2H])c([2H])c2c(CC([2H])([2H])N(C([2H])([2H])[2H])C([2H])([2H])[2H])cn([2H])c2c1[2H]. The van der Waals surface area contributed by atoms with E-state index in [1.165, 1.54) is 0 Å². The number of aromatic nitrogens is 1. The highest BCUT2D eigenvalue weighted by Crippen LogP contribution is 2.21. The lowest BCUT2D eigenvalue weighted by Gasteiger charge is -2.09. The van der Waals surface area contributed by atoms with Gasteiger partial charge in [-0.15, -0.1) is 0 Å². The predicted molar refractivity (Wildman–Crippen MR) is 82.5 cm³/mol. The summed E-state index contributed by atoms with van der Waals surface area (Å²) in [6.45, 7) is -13.2. The van der Waals surface area contributed by atoms with Gasteiger partial charge in [0.2, 0.25) is 0 Å². The lowest BCUT2D eigenvalue weighted by molar-refractivity contribution is 0.177. The van der Waals surface area contributed by atoms with Crippen LogP contribution in [0.4, 0.5) is 4.79 Å². The summed E-state index contributed by atoms with van der Waals surface area (Å²) in [6, 6.07) is -5.10. The van der Waals surface area contributed by atoms with Crippen LogP contribution in [0.15, 0.2) is 24.3 Å². The molecule has 2 aromatic rings. The number of amides is 1. The first-order valence-electron chi connectivity index (χ1n) is 14.2. The third-order valence-electron chi connectivity index (χ3n) is 2.66. The zero-order chi connectivity index (χ0) is 29.5. The van der Waals surface area contributed by atoms with E-state index >= 15 is 0 Å². The Morgan fingerprint density at radius 3 is 3.33 bits per heavy atom. The van der Waals surface area contributed by atoms with Crippen molar-refractivity contribution in [2.75, 3.05) is 27.0 Å². The largest absolute Gasteiger partial charge is 0.447 e. The Labute approximate surface area is 148 Å². The summed E-state index contributed by atoms with van der Waals surface area (Å²) in [5.74, 6) is 0. The van der Waals surface area contributed by atoms with Crippen molar-refractivity contribution in [1.82, 2.24) is 15.2 Å². The number of fused-ring (bicyclic) bond motifs is 1. The topological polar surface area (TPSA) is 57.4 Å². The highest BCUT2D eigenvalue weighted by atomic mass is 16.6. The molecule has 1 aromatic carbocycles. The summed E-state index contributed by atoms with van der Waals surface area (Å²) in [5, 5.41) is -0.644.